The average Bonchev–Trinajstić information content (AvgIpc) is 2.40. The first kappa shape index (κ1) is 15.1. The third kappa shape index (κ3) is 4.09. The van der Waals surface area contributed by atoms with Gasteiger partial charge in [-0.1, -0.05) is 24.3 Å². The van der Waals surface area contributed by atoms with Gasteiger partial charge < -0.3 is 11.1 Å². The maximum absolute atomic E-state index is 12.3. The Hall–Kier alpha value is -2.29. The number of nitrogens with one attached hydrogen (secondary N) is 1. The molecule has 0 bridgehead atoms. The number of amides is 1. The van der Waals surface area contributed by atoms with Crippen molar-refractivity contribution in [3.63, 3.8) is 0 Å². The second-order valence-corrected chi connectivity index (χ2v) is 5.64. The third-order valence-corrected chi connectivity index (χ3v) is 3.53. The van der Waals surface area contributed by atoms with E-state index in [9.17, 15) is 4.79 Å². The number of anilines is 1. The summed E-state index contributed by atoms with van der Waals surface area (Å²) in [6.07, 6.45) is 0.819. The largest absolute Gasteiger partial charge is 0.399 e. The topological polar surface area (TPSA) is 55.1 Å². The highest BCUT2D eigenvalue weighted by atomic mass is 16.1. The van der Waals surface area contributed by atoms with E-state index in [0.717, 1.165) is 12.0 Å². The molecule has 1 amide bonds. The van der Waals surface area contributed by atoms with Gasteiger partial charge in [-0.05, 0) is 62.1 Å². The van der Waals surface area contributed by atoms with E-state index in [4.69, 9.17) is 5.73 Å². The average molecular weight is 282 g/mol. The number of carbonyl (C=O) groups is 1. The Bertz CT molecular complexity index is 629. The summed E-state index contributed by atoms with van der Waals surface area (Å²) in [7, 11) is 0. The minimum atomic E-state index is -0.0773. The summed E-state index contributed by atoms with van der Waals surface area (Å²) in [6, 6.07) is 13.7. The lowest BCUT2D eigenvalue weighted by molar-refractivity contribution is 0.0940. The monoisotopic (exact) mass is 282 g/mol. The molecule has 0 heterocycles. The van der Waals surface area contributed by atoms with Crippen molar-refractivity contribution in [3.8, 4) is 0 Å². The molecule has 0 aliphatic heterocycles. The van der Waals surface area contributed by atoms with Gasteiger partial charge in [0, 0.05) is 17.3 Å². The minimum Gasteiger partial charge on any atom is -0.399 e. The molecular formula is C18H22N2O. The molecule has 1 unspecified atom stereocenters. The molecule has 1 atom stereocenters. The molecule has 2 aromatic carbocycles. The summed E-state index contributed by atoms with van der Waals surface area (Å²) in [5, 5.41) is 3.03. The van der Waals surface area contributed by atoms with E-state index in [-0.39, 0.29) is 11.9 Å². The van der Waals surface area contributed by atoms with Crippen LogP contribution in [-0.2, 0) is 6.42 Å². The summed E-state index contributed by atoms with van der Waals surface area (Å²) in [5.74, 6) is -0.0773. The van der Waals surface area contributed by atoms with Gasteiger partial charge >= 0.3 is 0 Å². The zero-order valence-corrected chi connectivity index (χ0v) is 12.8. The molecule has 0 spiro atoms. The molecule has 0 radical (unpaired) electrons. The summed E-state index contributed by atoms with van der Waals surface area (Å²) in [5.41, 5.74) is 10.5. The van der Waals surface area contributed by atoms with Gasteiger partial charge in [0.05, 0.1) is 0 Å². The van der Waals surface area contributed by atoms with Crippen LogP contribution in [0.15, 0.2) is 42.5 Å². The van der Waals surface area contributed by atoms with Crippen LogP contribution < -0.4 is 11.1 Å². The molecule has 0 aliphatic carbocycles. The lowest BCUT2D eigenvalue weighted by Crippen LogP contribution is -2.34. The van der Waals surface area contributed by atoms with E-state index in [1.54, 1.807) is 6.07 Å². The fourth-order valence-corrected chi connectivity index (χ4v) is 2.47. The van der Waals surface area contributed by atoms with Crippen LogP contribution in [0.25, 0.3) is 0 Å². The van der Waals surface area contributed by atoms with Gasteiger partial charge in [-0.15, -0.1) is 0 Å². The Balaban J connectivity index is 2.04. The highest BCUT2D eigenvalue weighted by Crippen LogP contribution is 2.13. The number of benzene rings is 2. The summed E-state index contributed by atoms with van der Waals surface area (Å²) < 4.78 is 0. The third-order valence-electron chi connectivity index (χ3n) is 3.53. The predicted molar refractivity (Wildman–Crippen MR) is 87.4 cm³/mol. The zero-order valence-electron chi connectivity index (χ0n) is 12.8. The molecule has 3 nitrogen and oxygen atoms in total. The smallest absolute Gasteiger partial charge is 0.251 e. The van der Waals surface area contributed by atoms with E-state index < -0.39 is 0 Å². The SMILES string of the molecule is Cc1cc(N)cc(C(=O)NC(C)Cc2ccccc2C)c1. The molecule has 0 saturated carbocycles. The quantitative estimate of drug-likeness (QED) is 0.846. The Morgan fingerprint density at radius 1 is 1.19 bits per heavy atom. The van der Waals surface area contributed by atoms with E-state index in [2.05, 4.69) is 24.4 Å². The van der Waals surface area contributed by atoms with E-state index in [0.29, 0.717) is 11.3 Å². The van der Waals surface area contributed by atoms with E-state index in [1.807, 2.05) is 38.1 Å². The Labute approximate surface area is 126 Å². The van der Waals surface area contributed by atoms with Crippen LogP contribution in [0.4, 0.5) is 5.69 Å². The molecule has 3 N–H and O–H groups in total. The number of nitrogen functional groups attached to an aromatic ring is 1. The standard InChI is InChI=1S/C18H22N2O/c1-12-8-16(11-17(19)9-12)18(21)20-14(3)10-15-7-5-4-6-13(15)2/h4-9,11,14H,10,19H2,1-3H3,(H,20,21). The highest BCUT2D eigenvalue weighted by Gasteiger charge is 2.12. The molecule has 0 fully saturated rings. The molecule has 2 rings (SSSR count). The Morgan fingerprint density at radius 3 is 2.57 bits per heavy atom. The van der Waals surface area contributed by atoms with Crippen molar-refractivity contribution in [2.75, 3.05) is 5.73 Å². The van der Waals surface area contributed by atoms with Crippen molar-refractivity contribution in [1.82, 2.24) is 5.32 Å². The predicted octanol–water partition coefficient (Wildman–Crippen LogP) is 3.25. The van der Waals surface area contributed by atoms with Crippen LogP contribution in [0.2, 0.25) is 0 Å². The van der Waals surface area contributed by atoms with Crippen LogP contribution in [0.3, 0.4) is 0 Å². The first-order valence-corrected chi connectivity index (χ1v) is 7.18. The molecule has 2 aromatic rings. The fraction of sp³-hybridized carbons (Fsp3) is 0.278. The zero-order chi connectivity index (χ0) is 15.4. The van der Waals surface area contributed by atoms with Gasteiger partial charge in [-0.3, -0.25) is 4.79 Å². The number of nitrogens with two attached hydrogens (primary N) is 1. The lowest BCUT2D eigenvalue weighted by Gasteiger charge is -2.16. The molecule has 0 saturated heterocycles. The van der Waals surface area contributed by atoms with Crippen molar-refractivity contribution in [2.24, 2.45) is 0 Å². The minimum absolute atomic E-state index is 0.0698. The van der Waals surface area contributed by atoms with E-state index in [1.165, 1.54) is 11.1 Å². The number of rotatable bonds is 4. The molecule has 3 heteroatoms. The van der Waals surface area contributed by atoms with Gasteiger partial charge in [0.15, 0.2) is 0 Å². The van der Waals surface area contributed by atoms with Crippen LogP contribution >= 0.6 is 0 Å². The second kappa shape index (κ2) is 6.44. The van der Waals surface area contributed by atoms with Crippen molar-refractivity contribution in [1.29, 1.82) is 0 Å². The molecular weight excluding hydrogens is 260 g/mol. The molecule has 0 aromatic heterocycles. The van der Waals surface area contributed by atoms with Crippen molar-refractivity contribution >= 4 is 11.6 Å². The first-order chi connectivity index (χ1) is 9.95. The maximum Gasteiger partial charge on any atom is 0.251 e. The summed E-state index contributed by atoms with van der Waals surface area (Å²) >= 11 is 0. The highest BCUT2D eigenvalue weighted by molar-refractivity contribution is 5.95. The Kier molecular flexibility index (Phi) is 4.63. The van der Waals surface area contributed by atoms with Gasteiger partial charge in [0.2, 0.25) is 0 Å². The molecule has 0 aliphatic rings. The fourth-order valence-electron chi connectivity index (χ4n) is 2.47. The normalized spacial score (nSPS) is 12.0. The Morgan fingerprint density at radius 2 is 1.90 bits per heavy atom. The van der Waals surface area contributed by atoms with Crippen molar-refractivity contribution < 1.29 is 4.79 Å². The van der Waals surface area contributed by atoms with Gasteiger partial charge in [-0.25, -0.2) is 0 Å². The van der Waals surface area contributed by atoms with Crippen LogP contribution in [0, 0.1) is 13.8 Å². The molecule has 110 valence electrons. The number of hydrogen-bond acceptors (Lipinski definition) is 2. The van der Waals surface area contributed by atoms with Crippen molar-refractivity contribution in [3.05, 3.63) is 64.7 Å². The summed E-state index contributed by atoms with van der Waals surface area (Å²) in [6.45, 7) is 6.04. The van der Waals surface area contributed by atoms with Gasteiger partial charge in [0.1, 0.15) is 0 Å². The number of hydrogen-bond donors (Lipinski definition) is 2. The first-order valence-electron chi connectivity index (χ1n) is 7.18. The van der Waals surface area contributed by atoms with Crippen LogP contribution in [0.1, 0.15) is 34.0 Å². The lowest BCUT2D eigenvalue weighted by atomic mass is 10.0. The van der Waals surface area contributed by atoms with Crippen LogP contribution in [0.5, 0.6) is 0 Å². The van der Waals surface area contributed by atoms with Crippen LogP contribution in [-0.4, -0.2) is 11.9 Å². The number of aryl methyl sites for hydroxylation is 2. The second-order valence-electron chi connectivity index (χ2n) is 5.64. The number of carbonyl (C=O) groups excluding carboxylic acids is 1. The van der Waals surface area contributed by atoms with Gasteiger partial charge in [-0.2, -0.15) is 0 Å². The molecule has 21 heavy (non-hydrogen) atoms. The summed E-state index contributed by atoms with van der Waals surface area (Å²) in [4.78, 5) is 12.3. The van der Waals surface area contributed by atoms with Crippen molar-refractivity contribution in [2.45, 2.75) is 33.2 Å². The van der Waals surface area contributed by atoms with Gasteiger partial charge in [0.25, 0.3) is 5.91 Å². The van der Waals surface area contributed by atoms with E-state index >= 15 is 0 Å². The maximum atomic E-state index is 12.3.